The Balaban J connectivity index is 1.38. The molecule has 1 aromatic carbocycles. The maximum atomic E-state index is 5.96. The molecule has 0 spiro atoms. The van der Waals surface area contributed by atoms with Crippen molar-refractivity contribution in [2.24, 2.45) is 0 Å². The molecule has 1 atom stereocenters. The van der Waals surface area contributed by atoms with E-state index in [1.54, 1.807) is 12.4 Å². The molecule has 3 heterocycles. The second-order valence-electron chi connectivity index (χ2n) is 6.49. The van der Waals surface area contributed by atoms with Crippen molar-refractivity contribution in [2.45, 2.75) is 12.5 Å². The van der Waals surface area contributed by atoms with E-state index in [9.17, 15) is 0 Å². The van der Waals surface area contributed by atoms with Crippen LogP contribution in [0, 0.1) is 0 Å². The third-order valence-electron chi connectivity index (χ3n) is 4.72. The summed E-state index contributed by atoms with van der Waals surface area (Å²) in [4.78, 5) is 15.2. The molecule has 0 bridgehead atoms. The normalized spacial score (nSPS) is 17.9. The Morgan fingerprint density at radius 2 is 1.81 bits per heavy atom. The zero-order valence-electron chi connectivity index (χ0n) is 14.7. The molecule has 1 unspecified atom stereocenters. The first-order valence-corrected chi connectivity index (χ1v) is 8.98. The number of ether oxygens (including phenoxy) is 1. The van der Waals surface area contributed by atoms with Crippen LogP contribution in [-0.4, -0.2) is 46.1 Å². The van der Waals surface area contributed by atoms with Crippen LogP contribution in [-0.2, 0) is 11.2 Å². The van der Waals surface area contributed by atoms with Crippen LogP contribution in [0.4, 0.5) is 0 Å². The summed E-state index contributed by atoms with van der Waals surface area (Å²) in [6.07, 6.45) is 8.10. The highest BCUT2D eigenvalue weighted by Gasteiger charge is 2.22. The van der Waals surface area contributed by atoms with Gasteiger partial charge in [0.05, 0.1) is 12.3 Å². The molecular formula is C21H22N4O. The van der Waals surface area contributed by atoms with E-state index in [0.717, 1.165) is 49.5 Å². The number of hydrogen-bond donors (Lipinski definition) is 0. The smallest absolute Gasteiger partial charge is 0.115 e. The van der Waals surface area contributed by atoms with Crippen molar-refractivity contribution in [3.63, 3.8) is 0 Å². The van der Waals surface area contributed by atoms with E-state index in [1.807, 2.05) is 12.3 Å². The highest BCUT2D eigenvalue weighted by atomic mass is 16.5. The van der Waals surface area contributed by atoms with Crippen molar-refractivity contribution in [3.8, 4) is 11.1 Å². The lowest BCUT2D eigenvalue weighted by molar-refractivity contribution is -0.0316. The molecule has 0 amide bonds. The number of benzene rings is 1. The van der Waals surface area contributed by atoms with Gasteiger partial charge in [-0.15, -0.1) is 0 Å². The van der Waals surface area contributed by atoms with Crippen LogP contribution in [0.15, 0.2) is 67.4 Å². The summed E-state index contributed by atoms with van der Waals surface area (Å²) in [5, 5.41) is 0. The fraction of sp³-hybridized carbons (Fsp3) is 0.286. The van der Waals surface area contributed by atoms with Crippen LogP contribution in [0.25, 0.3) is 11.1 Å². The minimum atomic E-state index is 0.0283. The number of morpholine rings is 1. The van der Waals surface area contributed by atoms with E-state index in [1.165, 1.54) is 11.9 Å². The molecule has 5 nitrogen and oxygen atoms in total. The first-order valence-electron chi connectivity index (χ1n) is 8.98. The monoisotopic (exact) mass is 346 g/mol. The number of hydrogen-bond acceptors (Lipinski definition) is 5. The Hall–Kier alpha value is -2.63. The quantitative estimate of drug-likeness (QED) is 0.710. The summed E-state index contributed by atoms with van der Waals surface area (Å²) in [5.41, 5.74) is 4.35. The Morgan fingerprint density at radius 1 is 0.962 bits per heavy atom. The van der Waals surface area contributed by atoms with Crippen molar-refractivity contribution in [1.29, 1.82) is 0 Å². The van der Waals surface area contributed by atoms with Crippen LogP contribution in [0.5, 0.6) is 0 Å². The molecule has 2 aromatic heterocycles. The van der Waals surface area contributed by atoms with E-state index in [-0.39, 0.29) is 6.10 Å². The summed E-state index contributed by atoms with van der Waals surface area (Å²) in [6, 6.07) is 14.7. The largest absolute Gasteiger partial charge is 0.369 e. The van der Waals surface area contributed by atoms with E-state index in [0.29, 0.717) is 0 Å². The topological polar surface area (TPSA) is 51.1 Å². The Labute approximate surface area is 153 Å². The van der Waals surface area contributed by atoms with E-state index in [4.69, 9.17) is 4.74 Å². The number of nitrogens with zero attached hydrogens (tertiary/aromatic N) is 4. The standard InChI is InChI=1S/C21H22N4O/c1-2-4-17(5-3-1)8-9-25-10-11-26-21(15-25)20-7-6-18(14-24-20)19-12-22-16-23-13-19/h1-7,12-14,16,21H,8-11,15H2. The van der Waals surface area contributed by atoms with Crippen molar-refractivity contribution in [3.05, 3.63) is 78.6 Å². The predicted octanol–water partition coefficient (Wildman–Crippen LogP) is 3.15. The molecular weight excluding hydrogens is 324 g/mol. The maximum absolute atomic E-state index is 5.96. The van der Waals surface area contributed by atoms with Gasteiger partial charge in [-0.2, -0.15) is 0 Å². The molecule has 4 rings (SSSR count). The van der Waals surface area contributed by atoms with Crippen molar-refractivity contribution in [1.82, 2.24) is 19.9 Å². The zero-order valence-corrected chi connectivity index (χ0v) is 14.7. The average Bonchev–Trinajstić information content (AvgIpc) is 2.74. The molecule has 1 aliphatic heterocycles. The molecule has 1 fully saturated rings. The molecule has 0 saturated carbocycles. The van der Waals surface area contributed by atoms with Crippen molar-refractivity contribution in [2.75, 3.05) is 26.2 Å². The van der Waals surface area contributed by atoms with Crippen LogP contribution in [0.2, 0.25) is 0 Å². The summed E-state index contributed by atoms with van der Waals surface area (Å²) < 4.78 is 5.96. The van der Waals surface area contributed by atoms with Gasteiger partial charge >= 0.3 is 0 Å². The molecule has 5 heteroatoms. The van der Waals surface area contributed by atoms with E-state index < -0.39 is 0 Å². The van der Waals surface area contributed by atoms with Gasteiger partial charge in [-0.3, -0.25) is 9.88 Å². The molecule has 0 N–H and O–H groups in total. The van der Waals surface area contributed by atoms with Gasteiger partial charge in [-0.25, -0.2) is 9.97 Å². The second-order valence-corrected chi connectivity index (χ2v) is 6.49. The Morgan fingerprint density at radius 3 is 2.58 bits per heavy atom. The molecule has 132 valence electrons. The fourth-order valence-corrected chi connectivity index (χ4v) is 3.23. The summed E-state index contributed by atoms with van der Waals surface area (Å²) in [5.74, 6) is 0. The van der Waals surface area contributed by atoms with Crippen LogP contribution >= 0.6 is 0 Å². The van der Waals surface area contributed by atoms with Crippen molar-refractivity contribution < 1.29 is 4.74 Å². The Kier molecular flexibility index (Phi) is 5.28. The first kappa shape index (κ1) is 16.8. The lowest BCUT2D eigenvalue weighted by Crippen LogP contribution is -2.39. The predicted molar refractivity (Wildman–Crippen MR) is 101 cm³/mol. The van der Waals surface area contributed by atoms with Gasteiger partial charge in [0.15, 0.2) is 0 Å². The van der Waals surface area contributed by atoms with Crippen molar-refractivity contribution >= 4 is 0 Å². The molecule has 1 saturated heterocycles. The molecule has 0 aliphatic carbocycles. The molecule has 1 aliphatic rings. The highest BCUT2D eigenvalue weighted by Crippen LogP contribution is 2.23. The third kappa shape index (κ3) is 4.12. The SMILES string of the molecule is c1ccc(CCN2CCOC(c3ccc(-c4cncnc4)cn3)C2)cc1. The average molecular weight is 346 g/mol. The van der Waals surface area contributed by atoms with Gasteiger partial charge in [0.2, 0.25) is 0 Å². The molecule has 3 aromatic rings. The summed E-state index contributed by atoms with van der Waals surface area (Å²) >= 11 is 0. The van der Waals surface area contributed by atoms with Crippen LogP contribution < -0.4 is 0 Å². The third-order valence-corrected chi connectivity index (χ3v) is 4.72. The lowest BCUT2D eigenvalue weighted by Gasteiger charge is -2.32. The molecule has 0 radical (unpaired) electrons. The van der Waals surface area contributed by atoms with Gasteiger partial charge in [-0.05, 0) is 18.1 Å². The minimum Gasteiger partial charge on any atom is -0.369 e. The Bertz CT molecular complexity index is 808. The van der Waals surface area contributed by atoms with E-state index >= 15 is 0 Å². The van der Waals surface area contributed by atoms with Gasteiger partial charge in [-0.1, -0.05) is 36.4 Å². The van der Waals surface area contributed by atoms with Gasteiger partial charge in [0.25, 0.3) is 0 Å². The van der Waals surface area contributed by atoms with Crippen LogP contribution in [0.1, 0.15) is 17.4 Å². The zero-order chi connectivity index (χ0) is 17.6. The number of rotatable bonds is 5. The summed E-state index contributed by atoms with van der Waals surface area (Å²) in [6.45, 7) is 3.65. The van der Waals surface area contributed by atoms with Gasteiger partial charge in [0.1, 0.15) is 12.4 Å². The lowest BCUT2D eigenvalue weighted by atomic mass is 10.1. The fourth-order valence-electron chi connectivity index (χ4n) is 3.23. The van der Waals surface area contributed by atoms with Crippen LogP contribution in [0.3, 0.4) is 0 Å². The number of aromatic nitrogens is 3. The van der Waals surface area contributed by atoms with Gasteiger partial charge in [0, 0.05) is 49.4 Å². The maximum Gasteiger partial charge on any atom is 0.115 e. The second kappa shape index (κ2) is 8.17. The molecule has 26 heavy (non-hydrogen) atoms. The summed E-state index contributed by atoms with van der Waals surface area (Å²) in [7, 11) is 0. The van der Waals surface area contributed by atoms with E-state index in [2.05, 4.69) is 56.3 Å². The van der Waals surface area contributed by atoms with Gasteiger partial charge < -0.3 is 4.74 Å². The number of pyridine rings is 1. The first-order chi connectivity index (χ1) is 12.9. The minimum absolute atomic E-state index is 0.0283. The highest BCUT2D eigenvalue weighted by molar-refractivity contribution is 5.60.